The molecule has 0 saturated heterocycles. The maximum atomic E-state index is 11.0. The van der Waals surface area contributed by atoms with Gasteiger partial charge in [-0.3, -0.25) is 0 Å². The second-order valence-corrected chi connectivity index (χ2v) is 3.79. The van der Waals surface area contributed by atoms with Gasteiger partial charge in [0.1, 0.15) is 5.75 Å². The van der Waals surface area contributed by atoms with Crippen LogP contribution in [0.25, 0.3) is 0 Å². The minimum Gasteiger partial charge on any atom is -0.494 e. The molecule has 0 heterocycles. The summed E-state index contributed by atoms with van der Waals surface area (Å²) in [6.07, 6.45) is 0.820. The molecule has 0 aromatic heterocycles. The standard InChI is InChI=1S/C13H20N2O2/c1-4-17-12-6-5-11(9-10(12)2)7-8-15-13(16)14-3/h5-6,9H,4,7-8H2,1-3H3,(H2,14,15,16). The molecule has 0 radical (unpaired) electrons. The molecular formula is C13H20N2O2. The lowest BCUT2D eigenvalue weighted by molar-refractivity contribution is 0.243. The highest BCUT2D eigenvalue weighted by Gasteiger charge is 2.01. The molecule has 4 heteroatoms. The van der Waals surface area contributed by atoms with Crippen LogP contribution >= 0.6 is 0 Å². The van der Waals surface area contributed by atoms with Crippen LogP contribution in [0.4, 0.5) is 4.79 Å². The summed E-state index contributed by atoms with van der Waals surface area (Å²) < 4.78 is 5.47. The number of hydrogen-bond acceptors (Lipinski definition) is 2. The van der Waals surface area contributed by atoms with Crippen molar-refractivity contribution in [2.24, 2.45) is 0 Å². The number of carbonyl (C=O) groups is 1. The van der Waals surface area contributed by atoms with Crippen molar-refractivity contribution < 1.29 is 9.53 Å². The van der Waals surface area contributed by atoms with Gasteiger partial charge in [0.25, 0.3) is 0 Å². The SMILES string of the molecule is CCOc1ccc(CCNC(=O)NC)cc1C. The first-order valence-electron chi connectivity index (χ1n) is 5.85. The maximum absolute atomic E-state index is 11.0. The molecule has 0 fully saturated rings. The Bertz CT molecular complexity index is 378. The van der Waals surface area contributed by atoms with Gasteiger partial charge >= 0.3 is 6.03 Å². The van der Waals surface area contributed by atoms with Crippen LogP contribution < -0.4 is 15.4 Å². The minimum atomic E-state index is -0.146. The summed E-state index contributed by atoms with van der Waals surface area (Å²) in [5.74, 6) is 0.926. The van der Waals surface area contributed by atoms with E-state index >= 15 is 0 Å². The molecule has 0 unspecified atom stereocenters. The van der Waals surface area contributed by atoms with Crippen molar-refractivity contribution in [1.82, 2.24) is 10.6 Å². The summed E-state index contributed by atoms with van der Waals surface area (Å²) in [6, 6.07) is 5.96. The van der Waals surface area contributed by atoms with Crippen molar-refractivity contribution >= 4 is 6.03 Å². The fourth-order valence-electron chi connectivity index (χ4n) is 1.59. The van der Waals surface area contributed by atoms with Crippen LogP contribution in [0.1, 0.15) is 18.1 Å². The number of ether oxygens (including phenoxy) is 1. The van der Waals surface area contributed by atoms with E-state index in [-0.39, 0.29) is 6.03 Å². The highest BCUT2D eigenvalue weighted by Crippen LogP contribution is 2.19. The van der Waals surface area contributed by atoms with Crippen LogP contribution in [0.3, 0.4) is 0 Å². The zero-order valence-corrected chi connectivity index (χ0v) is 10.7. The smallest absolute Gasteiger partial charge is 0.314 e. The lowest BCUT2D eigenvalue weighted by atomic mass is 10.1. The van der Waals surface area contributed by atoms with Gasteiger partial charge in [0.2, 0.25) is 0 Å². The van der Waals surface area contributed by atoms with Crippen molar-refractivity contribution in [3.63, 3.8) is 0 Å². The van der Waals surface area contributed by atoms with E-state index in [1.807, 2.05) is 26.0 Å². The van der Waals surface area contributed by atoms with Crippen LogP contribution in [0.15, 0.2) is 18.2 Å². The van der Waals surface area contributed by atoms with E-state index in [0.29, 0.717) is 13.2 Å². The van der Waals surface area contributed by atoms with E-state index in [0.717, 1.165) is 17.7 Å². The molecular weight excluding hydrogens is 216 g/mol. The van der Waals surface area contributed by atoms with Crippen molar-refractivity contribution in [2.75, 3.05) is 20.2 Å². The van der Waals surface area contributed by atoms with E-state index in [9.17, 15) is 4.79 Å². The molecule has 94 valence electrons. The van der Waals surface area contributed by atoms with Gasteiger partial charge in [-0.25, -0.2) is 4.79 Å². The predicted molar refractivity (Wildman–Crippen MR) is 68.5 cm³/mol. The van der Waals surface area contributed by atoms with Gasteiger partial charge in [0.05, 0.1) is 6.61 Å². The van der Waals surface area contributed by atoms with E-state index in [1.54, 1.807) is 7.05 Å². The molecule has 0 aliphatic carbocycles. The van der Waals surface area contributed by atoms with E-state index in [2.05, 4.69) is 16.7 Å². The van der Waals surface area contributed by atoms with Crippen molar-refractivity contribution in [2.45, 2.75) is 20.3 Å². The number of hydrogen-bond donors (Lipinski definition) is 2. The van der Waals surface area contributed by atoms with E-state index in [1.165, 1.54) is 5.56 Å². The molecule has 4 nitrogen and oxygen atoms in total. The molecule has 17 heavy (non-hydrogen) atoms. The van der Waals surface area contributed by atoms with Gasteiger partial charge in [-0.05, 0) is 37.5 Å². The first-order valence-corrected chi connectivity index (χ1v) is 5.85. The highest BCUT2D eigenvalue weighted by molar-refractivity contribution is 5.73. The monoisotopic (exact) mass is 236 g/mol. The molecule has 1 aromatic rings. The Kier molecular flexibility index (Phi) is 5.33. The van der Waals surface area contributed by atoms with Crippen LogP contribution in [-0.2, 0) is 6.42 Å². The summed E-state index contributed by atoms with van der Waals surface area (Å²) >= 11 is 0. The van der Waals surface area contributed by atoms with Crippen LogP contribution in [0.2, 0.25) is 0 Å². The predicted octanol–water partition coefficient (Wildman–Crippen LogP) is 1.87. The lowest BCUT2D eigenvalue weighted by Crippen LogP contribution is -2.33. The molecule has 1 rings (SSSR count). The lowest BCUT2D eigenvalue weighted by Gasteiger charge is -2.09. The highest BCUT2D eigenvalue weighted by atomic mass is 16.5. The zero-order valence-electron chi connectivity index (χ0n) is 10.7. The van der Waals surface area contributed by atoms with Crippen LogP contribution in [-0.4, -0.2) is 26.2 Å². The zero-order chi connectivity index (χ0) is 12.7. The minimum absolute atomic E-state index is 0.146. The van der Waals surface area contributed by atoms with Crippen LogP contribution in [0, 0.1) is 6.92 Å². The fraction of sp³-hybridized carbons (Fsp3) is 0.462. The van der Waals surface area contributed by atoms with E-state index < -0.39 is 0 Å². The Balaban J connectivity index is 2.50. The summed E-state index contributed by atoms with van der Waals surface area (Å²) in [5, 5.41) is 5.28. The Morgan fingerprint density at radius 1 is 1.41 bits per heavy atom. The second kappa shape index (κ2) is 6.78. The maximum Gasteiger partial charge on any atom is 0.314 e. The van der Waals surface area contributed by atoms with Gasteiger partial charge in [0.15, 0.2) is 0 Å². The van der Waals surface area contributed by atoms with Crippen LogP contribution in [0.5, 0.6) is 5.75 Å². The Morgan fingerprint density at radius 2 is 2.18 bits per heavy atom. The number of urea groups is 1. The molecule has 0 bridgehead atoms. The normalized spacial score (nSPS) is 9.82. The van der Waals surface area contributed by atoms with E-state index in [4.69, 9.17) is 4.74 Å². The average molecular weight is 236 g/mol. The first kappa shape index (κ1) is 13.4. The molecule has 1 aromatic carbocycles. The molecule has 0 spiro atoms. The van der Waals surface area contributed by atoms with Crippen molar-refractivity contribution in [3.05, 3.63) is 29.3 Å². The molecule has 2 N–H and O–H groups in total. The third-order valence-corrected chi connectivity index (χ3v) is 2.47. The van der Waals surface area contributed by atoms with Gasteiger partial charge in [-0.15, -0.1) is 0 Å². The Hall–Kier alpha value is -1.71. The molecule has 0 saturated carbocycles. The van der Waals surface area contributed by atoms with Crippen molar-refractivity contribution in [3.8, 4) is 5.75 Å². The molecule has 0 atom stereocenters. The third kappa shape index (κ3) is 4.34. The summed E-state index contributed by atoms with van der Waals surface area (Å²) in [5.41, 5.74) is 2.33. The largest absolute Gasteiger partial charge is 0.494 e. The molecule has 2 amide bonds. The molecule has 0 aliphatic heterocycles. The van der Waals surface area contributed by atoms with Gasteiger partial charge in [0, 0.05) is 13.6 Å². The van der Waals surface area contributed by atoms with Gasteiger partial charge in [-0.1, -0.05) is 12.1 Å². The quantitative estimate of drug-likeness (QED) is 0.820. The number of benzene rings is 1. The topological polar surface area (TPSA) is 50.4 Å². The average Bonchev–Trinajstić information content (AvgIpc) is 2.32. The summed E-state index contributed by atoms with van der Waals surface area (Å²) in [6.45, 7) is 5.31. The number of carbonyl (C=O) groups excluding carboxylic acids is 1. The van der Waals surface area contributed by atoms with Gasteiger partial charge in [-0.2, -0.15) is 0 Å². The first-order chi connectivity index (χ1) is 8.17. The Labute approximate surface area is 102 Å². The van der Waals surface area contributed by atoms with Crippen molar-refractivity contribution in [1.29, 1.82) is 0 Å². The summed E-state index contributed by atoms with van der Waals surface area (Å²) in [4.78, 5) is 11.0. The number of aryl methyl sites for hydroxylation is 1. The number of nitrogens with one attached hydrogen (secondary N) is 2. The Morgan fingerprint density at radius 3 is 2.76 bits per heavy atom. The second-order valence-electron chi connectivity index (χ2n) is 3.79. The molecule has 0 aliphatic rings. The number of amides is 2. The summed E-state index contributed by atoms with van der Waals surface area (Å²) in [7, 11) is 1.61. The fourth-order valence-corrected chi connectivity index (χ4v) is 1.59. The third-order valence-electron chi connectivity index (χ3n) is 2.47. The van der Waals surface area contributed by atoms with Gasteiger partial charge < -0.3 is 15.4 Å². The number of rotatable bonds is 5.